The highest BCUT2D eigenvalue weighted by molar-refractivity contribution is 8.44. The summed E-state index contributed by atoms with van der Waals surface area (Å²) in [6.45, 7) is -8.87. The summed E-state index contributed by atoms with van der Waals surface area (Å²) >= 11 is 9.30. The van der Waals surface area contributed by atoms with Crippen molar-refractivity contribution < 1.29 is 45.8 Å². The lowest BCUT2D eigenvalue weighted by atomic mass is 10.1. The number of nitrogens with one attached hydrogen (secondary N) is 3. The number of rotatable bonds is 0. The van der Waals surface area contributed by atoms with Crippen molar-refractivity contribution in [3.05, 3.63) is 25.3 Å². The minimum atomic E-state index is -4.38. The van der Waals surface area contributed by atoms with E-state index in [0.29, 0.717) is 35.8 Å². The Morgan fingerprint density at radius 1 is 0.816 bits per heavy atom. The second kappa shape index (κ2) is 12.0. The van der Waals surface area contributed by atoms with Crippen LogP contribution < -0.4 is 16.0 Å². The van der Waals surface area contributed by atoms with E-state index < -0.39 is 75.9 Å². The van der Waals surface area contributed by atoms with Gasteiger partial charge in [-0.25, -0.2) is 43.2 Å². The lowest BCUT2D eigenvalue weighted by Crippen LogP contribution is -2.37. The number of hydrogen-bond acceptors (Lipinski definition) is 17. The minimum Gasteiger partial charge on any atom is -0.366 e. The third-order valence-electron chi connectivity index (χ3n) is 8.90. The average molecular weight is 762 g/mol. The first-order valence-electron chi connectivity index (χ1n) is 15.0. The summed E-state index contributed by atoms with van der Waals surface area (Å²) in [5.74, 6) is 0.823. The highest BCUT2D eigenvalue weighted by Crippen LogP contribution is 2.58. The first-order chi connectivity index (χ1) is 23.6. The van der Waals surface area contributed by atoms with Crippen molar-refractivity contribution in [1.82, 2.24) is 44.4 Å². The maximum atomic E-state index is 16.3. The number of anilines is 2. The Balaban J connectivity index is 1.12. The third-order valence-corrected chi connectivity index (χ3v) is 12.1. The minimum absolute atomic E-state index is 0.0655. The molecule has 0 spiro atoms. The Morgan fingerprint density at radius 3 is 1.88 bits per heavy atom. The Labute approximate surface area is 284 Å². The van der Waals surface area contributed by atoms with Crippen molar-refractivity contribution >= 4 is 71.5 Å². The molecule has 12 atom stereocenters. The number of alkyl halides is 2. The van der Waals surface area contributed by atoms with Gasteiger partial charge in [-0.15, -0.1) is 0 Å². The second-order valence-electron chi connectivity index (χ2n) is 11.9. The van der Waals surface area contributed by atoms with Crippen LogP contribution in [-0.4, -0.2) is 119 Å². The van der Waals surface area contributed by atoms with Gasteiger partial charge in [0, 0.05) is 25.2 Å². The zero-order chi connectivity index (χ0) is 33.7. The summed E-state index contributed by atoms with van der Waals surface area (Å²) in [6.07, 6.45) is -7.31. The summed E-state index contributed by atoms with van der Waals surface area (Å²) in [4.78, 5) is 37.1. The molecule has 4 saturated heterocycles. The van der Waals surface area contributed by atoms with Gasteiger partial charge in [-0.3, -0.25) is 22.7 Å². The molecule has 19 nitrogen and oxygen atoms in total. The zero-order valence-corrected chi connectivity index (χ0v) is 28.3. The van der Waals surface area contributed by atoms with Crippen LogP contribution in [0.15, 0.2) is 25.3 Å². The van der Waals surface area contributed by atoms with E-state index in [-0.39, 0.29) is 23.4 Å². The SMILES string of the molecule is O=P1(S)OC[C@H]2OC3[C@H](F)[C@@H]2OP(O)(=S)OCC2OC([C@H](F)[C@@H]2O1)n1cnc2c(ncnc21)NCC1NC1CNc1ncnc2c1ncn23. The van der Waals surface area contributed by atoms with Gasteiger partial charge in [-0.1, -0.05) is 12.2 Å². The zero-order valence-electron chi connectivity index (χ0n) is 24.8. The Hall–Kier alpha value is -2.53. The van der Waals surface area contributed by atoms with Crippen molar-refractivity contribution in [1.29, 1.82) is 0 Å². The van der Waals surface area contributed by atoms with Crippen LogP contribution in [0.1, 0.15) is 12.5 Å². The number of hydrogen-bond donors (Lipinski definition) is 5. The van der Waals surface area contributed by atoms with Crippen molar-refractivity contribution in [3.8, 4) is 0 Å². The van der Waals surface area contributed by atoms with Crippen LogP contribution in [0.4, 0.5) is 20.4 Å². The second-order valence-corrected chi connectivity index (χ2v) is 17.6. The van der Waals surface area contributed by atoms with E-state index >= 15 is 8.78 Å². The molecule has 0 amide bonds. The molecule has 14 bridgehead atoms. The quantitative estimate of drug-likeness (QED) is 0.0969. The molecule has 0 saturated carbocycles. The molecule has 10 heterocycles. The predicted octanol–water partition coefficient (Wildman–Crippen LogP) is 1.39. The summed E-state index contributed by atoms with van der Waals surface area (Å²) in [7, 11) is 0. The number of ether oxygens (including phenoxy) is 2. The van der Waals surface area contributed by atoms with E-state index in [1.54, 1.807) is 0 Å². The maximum Gasteiger partial charge on any atom is 0.386 e. The fourth-order valence-corrected chi connectivity index (χ4v) is 9.35. The molecule has 4 aromatic heterocycles. The van der Waals surface area contributed by atoms with Crippen LogP contribution >= 0.6 is 25.8 Å². The van der Waals surface area contributed by atoms with E-state index in [9.17, 15) is 9.46 Å². The summed E-state index contributed by atoms with van der Waals surface area (Å²) in [6, 6.07) is 0.131. The largest absolute Gasteiger partial charge is 0.386 e. The van der Waals surface area contributed by atoms with Crippen molar-refractivity contribution in [2.75, 3.05) is 36.9 Å². The number of nitrogens with zero attached hydrogens (tertiary/aromatic N) is 8. The fraction of sp³-hybridized carbons (Fsp3) is 0.583. The molecular weight excluding hydrogens is 734 g/mol. The molecule has 4 aromatic rings. The summed E-state index contributed by atoms with van der Waals surface area (Å²) in [5, 5.41) is 9.90. The van der Waals surface area contributed by atoms with Crippen LogP contribution in [0.25, 0.3) is 22.3 Å². The molecule has 10 rings (SSSR count). The smallest absolute Gasteiger partial charge is 0.366 e. The van der Waals surface area contributed by atoms with Gasteiger partial charge in [0.05, 0.1) is 25.9 Å². The van der Waals surface area contributed by atoms with Gasteiger partial charge in [0.1, 0.15) is 37.1 Å². The van der Waals surface area contributed by atoms with Crippen LogP contribution in [0.3, 0.4) is 0 Å². The number of thiol groups is 1. The lowest BCUT2D eigenvalue weighted by molar-refractivity contribution is -0.0564. The number of halogens is 2. The van der Waals surface area contributed by atoms with Crippen LogP contribution in [0.5, 0.6) is 0 Å². The van der Waals surface area contributed by atoms with Gasteiger partial charge >= 0.3 is 13.5 Å². The normalized spacial score (nSPS) is 40.8. The Morgan fingerprint density at radius 2 is 1.33 bits per heavy atom. The molecule has 7 unspecified atom stereocenters. The molecule has 262 valence electrons. The van der Waals surface area contributed by atoms with E-state index in [2.05, 4.69) is 58.1 Å². The molecule has 49 heavy (non-hydrogen) atoms. The van der Waals surface area contributed by atoms with Crippen molar-refractivity contribution in [2.24, 2.45) is 0 Å². The van der Waals surface area contributed by atoms with E-state index in [1.165, 1.54) is 34.4 Å². The molecule has 0 aliphatic carbocycles. The van der Waals surface area contributed by atoms with Crippen LogP contribution in [0.2, 0.25) is 0 Å². The molecule has 0 radical (unpaired) electrons. The first kappa shape index (κ1) is 32.4. The third kappa shape index (κ3) is 5.82. The predicted molar refractivity (Wildman–Crippen MR) is 171 cm³/mol. The van der Waals surface area contributed by atoms with Gasteiger partial charge in [-0.2, -0.15) is 0 Å². The van der Waals surface area contributed by atoms with Crippen molar-refractivity contribution in [3.63, 3.8) is 0 Å². The molecular formula is C24H27F2N11O8P2S2. The Kier molecular flexibility index (Phi) is 7.95. The molecule has 4 fully saturated rings. The van der Waals surface area contributed by atoms with Gasteiger partial charge in [0.15, 0.2) is 58.8 Å². The number of aromatic nitrogens is 8. The van der Waals surface area contributed by atoms with Gasteiger partial charge in [0.2, 0.25) is 0 Å². The van der Waals surface area contributed by atoms with Gasteiger partial charge < -0.3 is 34.8 Å². The van der Waals surface area contributed by atoms with E-state index in [0.717, 1.165) is 0 Å². The summed E-state index contributed by atoms with van der Waals surface area (Å²) < 4.78 is 83.1. The standard InChI is InChI=1S/C24H27F2N11O8P2S2/c25-13-17-11-3-40-47(39,49)45-18-12(4-41-46(38,48)44-17)43-24(14(18)26)37-8-34-16-20(30-6-32-22(16)37)28-2-10-9(35-10)1-27-19-15-21(31-5-29-19)36(7-33-15)23(13)42-11/h5-14,17-18,23-24,35H,1-4H2,(H,38,48)(H,39,49)(H,27,29,31)(H,28,30,32)/t9?,10?,11-,12?,13-,14-,17-,18-,23?,24?,46?,47?/m1/s1. The monoisotopic (exact) mass is 761 g/mol. The van der Waals surface area contributed by atoms with Gasteiger partial charge in [0.25, 0.3) is 0 Å². The fourth-order valence-electron chi connectivity index (χ4n) is 6.43. The molecule has 6 aliphatic heterocycles. The number of fused-ring (bicyclic) bond motifs is 8. The first-order valence-corrected chi connectivity index (χ1v) is 20.3. The molecule has 25 heteroatoms. The van der Waals surface area contributed by atoms with E-state index in [4.69, 9.17) is 39.4 Å². The summed E-state index contributed by atoms with van der Waals surface area (Å²) in [5.41, 5.74) is 1.17. The van der Waals surface area contributed by atoms with Crippen molar-refractivity contribution in [2.45, 2.75) is 61.3 Å². The molecule has 0 aromatic carbocycles. The van der Waals surface area contributed by atoms with Gasteiger partial charge in [-0.05, 0) is 11.8 Å². The van der Waals surface area contributed by atoms with Crippen LogP contribution in [0, 0.1) is 0 Å². The lowest BCUT2D eigenvalue weighted by Gasteiger charge is -2.29. The van der Waals surface area contributed by atoms with Crippen LogP contribution in [-0.2, 0) is 43.9 Å². The highest BCUT2D eigenvalue weighted by Gasteiger charge is 2.54. The molecule has 4 N–H and O–H groups in total. The van der Waals surface area contributed by atoms with E-state index in [1.807, 2.05) is 0 Å². The maximum absolute atomic E-state index is 16.3. The topological polar surface area (TPSA) is 226 Å². The number of imidazole rings is 2. The Bertz CT molecular complexity index is 1890. The molecule has 6 aliphatic rings. The average Bonchev–Trinajstić information content (AvgIpc) is 3.34. The highest BCUT2D eigenvalue weighted by atomic mass is 32.7.